The fourth-order valence-corrected chi connectivity index (χ4v) is 3.42. The summed E-state index contributed by atoms with van der Waals surface area (Å²) in [6.07, 6.45) is 4.46. The first-order chi connectivity index (χ1) is 12.5. The Morgan fingerprint density at radius 2 is 1.88 bits per heavy atom. The van der Waals surface area contributed by atoms with Crippen LogP contribution in [-0.4, -0.2) is 26.9 Å². The molecular weight excluding hydrogens is 326 g/mol. The second-order valence-corrected chi connectivity index (χ2v) is 6.76. The molecule has 142 valence electrons. The van der Waals surface area contributed by atoms with Crippen LogP contribution in [0.25, 0.3) is 10.9 Å². The monoisotopic (exact) mass is 357 g/mol. The number of rotatable bonds is 9. The van der Waals surface area contributed by atoms with Crippen LogP contribution < -0.4 is 5.56 Å². The molecule has 26 heavy (non-hydrogen) atoms. The highest BCUT2D eigenvalue weighted by Gasteiger charge is 2.24. The standard InChI is InChI=1S/C21H31N3O2/c1-5-8-9-14-19(25)23(7-3)16(4)20-22-18-13-11-10-12-17(18)21(26)24(20)15-6-2/h10-13,16H,5-9,14-15H2,1-4H3. The predicted molar refractivity (Wildman–Crippen MR) is 106 cm³/mol. The van der Waals surface area contributed by atoms with Crippen molar-refractivity contribution in [2.75, 3.05) is 6.54 Å². The normalized spacial score (nSPS) is 12.3. The van der Waals surface area contributed by atoms with Gasteiger partial charge in [0.1, 0.15) is 5.82 Å². The summed E-state index contributed by atoms with van der Waals surface area (Å²) in [7, 11) is 0. The molecule has 1 aromatic heterocycles. The van der Waals surface area contributed by atoms with Crippen LogP contribution in [0.5, 0.6) is 0 Å². The lowest BCUT2D eigenvalue weighted by atomic mass is 10.1. The Labute approximate surface area is 156 Å². The van der Waals surface area contributed by atoms with Gasteiger partial charge in [0.25, 0.3) is 5.56 Å². The van der Waals surface area contributed by atoms with Crippen molar-refractivity contribution >= 4 is 16.8 Å². The molecule has 0 N–H and O–H groups in total. The summed E-state index contributed by atoms with van der Waals surface area (Å²) < 4.78 is 1.75. The van der Waals surface area contributed by atoms with Crippen molar-refractivity contribution in [2.24, 2.45) is 0 Å². The minimum atomic E-state index is -0.224. The molecule has 5 heteroatoms. The maximum Gasteiger partial charge on any atom is 0.261 e. The molecule has 0 saturated heterocycles. The van der Waals surface area contributed by atoms with E-state index >= 15 is 0 Å². The number of nitrogens with zero attached hydrogens (tertiary/aromatic N) is 3. The molecule has 0 radical (unpaired) electrons. The molecule has 0 aliphatic carbocycles. The molecule has 0 aliphatic heterocycles. The number of hydrogen-bond donors (Lipinski definition) is 0. The van der Waals surface area contributed by atoms with Gasteiger partial charge >= 0.3 is 0 Å². The number of benzene rings is 1. The summed E-state index contributed by atoms with van der Waals surface area (Å²) in [5, 5.41) is 0.634. The average Bonchev–Trinajstić information content (AvgIpc) is 2.64. The molecule has 5 nitrogen and oxygen atoms in total. The summed E-state index contributed by atoms with van der Waals surface area (Å²) in [4.78, 5) is 32.3. The van der Waals surface area contributed by atoms with Gasteiger partial charge < -0.3 is 4.90 Å². The van der Waals surface area contributed by atoms with Crippen molar-refractivity contribution < 1.29 is 4.79 Å². The fraction of sp³-hybridized carbons (Fsp3) is 0.571. The highest BCUT2D eigenvalue weighted by atomic mass is 16.2. The van der Waals surface area contributed by atoms with E-state index in [9.17, 15) is 9.59 Å². The number of fused-ring (bicyclic) bond motifs is 1. The van der Waals surface area contributed by atoms with Gasteiger partial charge in [0.2, 0.25) is 5.91 Å². The second-order valence-electron chi connectivity index (χ2n) is 6.76. The maximum atomic E-state index is 13.0. The average molecular weight is 357 g/mol. The van der Waals surface area contributed by atoms with E-state index in [-0.39, 0.29) is 17.5 Å². The predicted octanol–water partition coefficient (Wildman–Crippen LogP) is 4.30. The Balaban J connectivity index is 2.43. The first-order valence-corrected chi connectivity index (χ1v) is 9.84. The van der Waals surface area contributed by atoms with Gasteiger partial charge in [-0.05, 0) is 38.8 Å². The van der Waals surface area contributed by atoms with E-state index in [0.717, 1.165) is 25.7 Å². The van der Waals surface area contributed by atoms with E-state index < -0.39 is 0 Å². The van der Waals surface area contributed by atoms with Crippen LogP contribution in [-0.2, 0) is 11.3 Å². The lowest BCUT2D eigenvalue weighted by molar-refractivity contribution is -0.133. The summed E-state index contributed by atoms with van der Waals surface area (Å²) in [6.45, 7) is 9.36. The van der Waals surface area contributed by atoms with Crippen LogP contribution in [0.4, 0.5) is 0 Å². The number of hydrogen-bond acceptors (Lipinski definition) is 3. The quantitative estimate of drug-likeness (QED) is 0.629. The second kappa shape index (κ2) is 9.51. The van der Waals surface area contributed by atoms with Crippen molar-refractivity contribution in [1.29, 1.82) is 0 Å². The molecule has 0 spiro atoms. The zero-order valence-electron chi connectivity index (χ0n) is 16.5. The van der Waals surface area contributed by atoms with Crippen LogP contribution in [0.2, 0.25) is 0 Å². The largest absolute Gasteiger partial charge is 0.333 e. The van der Waals surface area contributed by atoms with E-state index in [1.165, 1.54) is 0 Å². The van der Waals surface area contributed by atoms with E-state index in [1.54, 1.807) is 4.57 Å². The number of carbonyl (C=O) groups excluding carboxylic acids is 1. The lowest BCUT2D eigenvalue weighted by Crippen LogP contribution is -2.37. The molecule has 0 aliphatic rings. The highest BCUT2D eigenvalue weighted by Crippen LogP contribution is 2.21. The molecule has 1 unspecified atom stereocenters. The lowest BCUT2D eigenvalue weighted by Gasteiger charge is -2.29. The fourth-order valence-electron chi connectivity index (χ4n) is 3.42. The Morgan fingerprint density at radius 1 is 1.15 bits per heavy atom. The van der Waals surface area contributed by atoms with Gasteiger partial charge in [0, 0.05) is 19.5 Å². The van der Waals surface area contributed by atoms with E-state index in [2.05, 4.69) is 6.92 Å². The van der Waals surface area contributed by atoms with Crippen LogP contribution >= 0.6 is 0 Å². The zero-order valence-corrected chi connectivity index (χ0v) is 16.5. The number of amides is 1. The molecule has 1 aromatic carbocycles. The molecule has 2 aromatic rings. The third-order valence-corrected chi connectivity index (χ3v) is 4.83. The van der Waals surface area contributed by atoms with Crippen LogP contribution in [0, 0.1) is 0 Å². The van der Waals surface area contributed by atoms with E-state index in [0.29, 0.717) is 36.2 Å². The Hall–Kier alpha value is -2.17. The third-order valence-electron chi connectivity index (χ3n) is 4.83. The van der Waals surface area contributed by atoms with Gasteiger partial charge in [-0.1, -0.05) is 38.8 Å². The van der Waals surface area contributed by atoms with Crippen molar-refractivity contribution in [3.63, 3.8) is 0 Å². The minimum absolute atomic E-state index is 0.0196. The van der Waals surface area contributed by atoms with Gasteiger partial charge in [-0.15, -0.1) is 0 Å². The summed E-state index contributed by atoms with van der Waals surface area (Å²) >= 11 is 0. The first kappa shape index (κ1) is 20.1. The molecular formula is C21H31N3O2. The van der Waals surface area contributed by atoms with Gasteiger partial charge in [-0.2, -0.15) is 0 Å². The van der Waals surface area contributed by atoms with Crippen LogP contribution in [0.1, 0.15) is 71.7 Å². The first-order valence-electron chi connectivity index (χ1n) is 9.84. The van der Waals surface area contributed by atoms with Crippen molar-refractivity contribution in [1.82, 2.24) is 14.5 Å². The molecule has 0 bridgehead atoms. The number of unbranched alkanes of at least 4 members (excludes halogenated alkanes) is 2. The van der Waals surface area contributed by atoms with Crippen molar-refractivity contribution in [3.05, 3.63) is 40.4 Å². The Bertz CT molecular complexity index is 797. The van der Waals surface area contributed by atoms with Gasteiger partial charge in [-0.25, -0.2) is 4.98 Å². The Morgan fingerprint density at radius 3 is 2.54 bits per heavy atom. The molecule has 0 saturated carbocycles. The van der Waals surface area contributed by atoms with Gasteiger partial charge in [-0.3, -0.25) is 14.2 Å². The smallest absolute Gasteiger partial charge is 0.261 e. The Kier molecular flexibility index (Phi) is 7.37. The molecule has 1 amide bonds. The van der Waals surface area contributed by atoms with Crippen molar-refractivity contribution in [3.8, 4) is 0 Å². The number of carbonyl (C=O) groups is 1. The van der Waals surface area contributed by atoms with E-state index in [1.807, 2.05) is 49.9 Å². The molecule has 0 fully saturated rings. The van der Waals surface area contributed by atoms with Gasteiger partial charge in [0.05, 0.1) is 16.9 Å². The molecule has 2 rings (SSSR count). The highest BCUT2D eigenvalue weighted by molar-refractivity contribution is 5.78. The molecule has 1 heterocycles. The number of para-hydroxylation sites is 1. The maximum absolute atomic E-state index is 13.0. The SMILES string of the molecule is CCCCCC(=O)N(CC)C(C)c1nc2ccccc2c(=O)n1CCC. The third kappa shape index (κ3) is 4.32. The van der Waals surface area contributed by atoms with Crippen molar-refractivity contribution in [2.45, 2.75) is 72.4 Å². The van der Waals surface area contributed by atoms with Gasteiger partial charge in [0.15, 0.2) is 0 Å². The summed E-state index contributed by atoms with van der Waals surface area (Å²) in [6, 6.07) is 7.21. The summed E-state index contributed by atoms with van der Waals surface area (Å²) in [5.74, 6) is 0.820. The molecule has 1 atom stereocenters. The topological polar surface area (TPSA) is 55.2 Å². The van der Waals surface area contributed by atoms with E-state index in [4.69, 9.17) is 4.98 Å². The van der Waals surface area contributed by atoms with Crippen LogP contribution in [0.15, 0.2) is 29.1 Å². The number of aromatic nitrogens is 2. The van der Waals surface area contributed by atoms with Crippen LogP contribution in [0.3, 0.4) is 0 Å². The minimum Gasteiger partial charge on any atom is -0.333 e. The zero-order chi connectivity index (χ0) is 19.1. The summed E-state index contributed by atoms with van der Waals surface area (Å²) in [5.41, 5.74) is 0.676.